The lowest BCUT2D eigenvalue weighted by Crippen LogP contribution is -1.87. The fourth-order valence-electron chi connectivity index (χ4n) is 0.517. The molecule has 1 heterocycles. The van der Waals surface area contributed by atoms with Crippen molar-refractivity contribution in [3.63, 3.8) is 0 Å². The van der Waals surface area contributed by atoms with Crippen molar-refractivity contribution in [2.24, 2.45) is 0 Å². The Morgan fingerprint density at radius 2 is 2.44 bits per heavy atom. The molecule has 1 nitrogen and oxygen atoms in total. The highest BCUT2D eigenvalue weighted by Crippen LogP contribution is 2.06. The average Bonchev–Trinajstić information content (AvgIpc) is 1.89. The van der Waals surface area contributed by atoms with Crippen LogP contribution in [0.5, 0.6) is 0 Å². The summed E-state index contributed by atoms with van der Waals surface area (Å²) in [5.74, 6) is -0.216. The smallest absolute Gasteiger partial charge is 0.145 e. The molecule has 0 amide bonds. The molecule has 0 saturated heterocycles. The lowest BCUT2D eigenvalue weighted by atomic mass is 10.4. The SMILES string of the molecule is Fc1cccnc1CI. The quantitative estimate of drug-likeness (QED) is 0.538. The number of pyridine rings is 1. The van der Waals surface area contributed by atoms with Gasteiger partial charge in [0.15, 0.2) is 0 Å². The van der Waals surface area contributed by atoms with E-state index in [0.29, 0.717) is 10.1 Å². The van der Waals surface area contributed by atoms with Crippen molar-refractivity contribution in [3.05, 3.63) is 29.8 Å². The molecule has 0 atom stereocenters. The molecule has 0 aliphatic carbocycles. The maximum atomic E-state index is 12.5. The highest BCUT2D eigenvalue weighted by atomic mass is 127. The van der Waals surface area contributed by atoms with Gasteiger partial charge in [0.1, 0.15) is 5.82 Å². The summed E-state index contributed by atoms with van der Waals surface area (Å²) < 4.78 is 13.2. The first kappa shape index (κ1) is 6.92. The number of rotatable bonds is 1. The summed E-state index contributed by atoms with van der Waals surface area (Å²) in [5, 5.41) is 0. The minimum atomic E-state index is -0.216. The third-order valence-electron chi connectivity index (χ3n) is 0.961. The van der Waals surface area contributed by atoms with Crippen LogP contribution in [-0.4, -0.2) is 4.98 Å². The molecule has 0 N–H and O–H groups in total. The average molecular weight is 237 g/mol. The Bertz CT molecular complexity index is 202. The van der Waals surface area contributed by atoms with Gasteiger partial charge in [-0.2, -0.15) is 0 Å². The summed E-state index contributed by atoms with van der Waals surface area (Å²) in [6.45, 7) is 0. The Kier molecular flexibility index (Phi) is 2.38. The van der Waals surface area contributed by atoms with Crippen LogP contribution in [0.2, 0.25) is 0 Å². The molecule has 9 heavy (non-hydrogen) atoms. The van der Waals surface area contributed by atoms with E-state index in [1.54, 1.807) is 12.3 Å². The summed E-state index contributed by atoms with van der Waals surface area (Å²) in [6.07, 6.45) is 1.59. The standard InChI is InChI=1S/C6H5FIN/c7-5-2-1-3-9-6(5)4-8/h1-3H,4H2. The molecule has 0 aromatic carbocycles. The van der Waals surface area contributed by atoms with Crippen LogP contribution in [0, 0.1) is 5.82 Å². The predicted octanol–water partition coefficient (Wildman–Crippen LogP) is 2.16. The molecular formula is C6H5FIN. The lowest BCUT2D eigenvalue weighted by molar-refractivity contribution is 0.609. The van der Waals surface area contributed by atoms with E-state index in [4.69, 9.17) is 0 Å². The summed E-state index contributed by atoms with van der Waals surface area (Å²) in [4.78, 5) is 3.81. The van der Waals surface area contributed by atoms with E-state index in [0.717, 1.165) is 0 Å². The zero-order chi connectivity index (χ0) is 6.69. The summed E-state index contributed by atoms with van der Waals surface area (Å²) in [5.41, 5.74) is 0.526. The fourth-order valence-corrected chi connectivity index (χ4v) is 1.08. The van der Waals surface area contributed by atoms with Gasteiger partial charge in [-0.1, -0.05) is 22.6 Å². The zero-order valence-electron chi connectivity index (χ0n) is 4.64. The normalized spacial score (nSPS) is 9.56. The highest BCUT2D eigenvalue weighted by molar-refractivity contribution is 14.1. The van der Waals surface area contributed by atoms with Crippen LogP contribution in [-0.2, 0) is 4.43 Å². The number of aromatic nitrogens is 1. The van der Waals surface area contributed by atoms with Gasteiger partial charge in [0, 0.05) is 10.6 Å². The number of hydrogen-bond donors (Lipinski definition) is 0. The fraction of sp³-hybridized carbons (Fsp3) is 0.167. The monoisotopic (exact) mass is 237 g/mol. The van der Waals surface area contributed by atoms with Crippen molar-refractivity contribution in [1.29, 1.82) is 0 Å². The van der Waals surface area contributed by atoms with E-state index >= 15 is 0 Å². The molecule has 1 aromatic heterocycles. The largest absolute Gasteiger partial charge is 0.257 e. The van der Waals surface area contributed by atoms with Crippen molar-refractivity contribution in [2.45, 2.75) is 4.43 Å². The van der Waals surface area contributed by atoms with Gasteiger partial charge in [0.05, 0.1) is 5.69 Å². The van der Waals surface area contributed by atoms with Gasteiger partial charge in [-0.05, 0) is 12.1 Å². The Morgan fingerprint density at radius 3 is 2.89 bits per heavy atom. The summed E-state index contributed by atoms with van der Waals surface area (Å²) in [6, 6.07) is 3.01. The Balaban J connectivity index is 3.01. The second-order valence-corrected chi connectivity index (χ2v) is 2.33. The minimum absolute atomic E-state index is 0.216. The van der Waals surface area contributed by atoms with Crippen LogP contribution in [0.15, 0.2) is 18.3 Å². The van der Waals surface area contributed by atoms with Crippen LogP contribution >= 0.6 is 22.6 Å². The molecule has 3 heteroatoms. The second-order valence-electron chi connectivity index (χ2n) is 1.57. The van der Waals surface area contributed by atoms with E-state index in [9.17, 15) is 4.39 Å². The first-order chi connectivity index (χ1) is 4.34. The highest BCUT2D eigenvalue weighted by Gasteiger charge is 1.96. The molecule has 0 unspecified atom stereocenters. The topological polar surface area (TPSA) is 12.9 Å². The van der Waals surface area contributed by atoms with Gasteiger partial charge in [0.25, 0.3) is 0 Å². The second kappa shape index (κ2) is 3.10. The molecule has 0 spiro atoms. The molecule has 0 bridgehead atoms. The molecule has 0 saturated carbocycles. The molecular weight excluding hydrogens is 232 g/mol. The van der Waals surface area contributed by atoms with Crippen LogP contribution in [0.4, 0.5) is 4.39 Å². The van der Waals surface area contributed by atoms with Crippen LogP contribution < -0.4 is 0 Å². The van der Waals surface area contributed by atoms with Crippen LogP contribution in [0.3, 0.4) is 0 Å². The molecule has 1 aromatic rings. The zero-order valence-corrected chi connectivity index (χ0v) is 6.80. The van der Waals surface area contributed by atoms with E-state index in [1.807, 2.05) is 0 Å². The molecule has 0 aliphatic heterocycles. The predicted molar refractivity (Wildman–Crippen MR) is 41.9 cm³/mol. The third-order valence-corrected chi connectivity index (χ3v) is 1.68. The van der Waals surface area contributed by atoms with Gasteiger partial charge in [-0.25, -0.2) is 4.39 Å². The number of halogens is 2. The summed E-state index contributed by atoms with van der Waals surface area (Å²) >= 11 is 2.08. The van der Waals surface area contributed by atoms with Crippen molar-refractivity contribution in [1.82, 2.24) is 4.98 Å². The first-order valence-corrected chi connectivity index (χ1v) is 4.02. The third kappa shape index (κ3) is 1.61. The Labute approximate surface area is 66.4 Å². The van der Waals surface area contributed by atoms with Crippen molar-refractivity contribution >= 4 is 22.6 Å². The van der Waals surface area contributed by atoms with E-state index in [1.165, 1.54) is 6.07 Å². The minimum Gasteiger partial charge on any atom is -0.257 e. The molecule has 0 aliphatic rings. The maximum Gasteiger partial charge on any atom is 0.145 e. The van der Waals surface area contributed by atoms with E-state index in [2.05, 4.69) is 27.6 Å². The number of alkyl halides is 1. The van der Waals surface area contributed by atoms with Crippen molar-refractivity contribution in [3.8, 4) is 0 Å². The van der Waals surface area contributed by atoms with Crippen molar-refractivity contribution < 1.29 is 4.39 Å². The Morgan fingerprint density at radius 1 is 1.67 bits per heavy atom. The van der Waals surface area contributed by atoms with Gasteiger partial charge in [-0.15, -0.1) is 0 Å². The number of nitrogens with zero attached hydrogens (tertiary/aromatic N) is 1. The first-order valence-electron chi connectivity index (χ1n) is 2.50. The van der Waals surface area contributed by atoms with E-state index < -0.39 is 0 Å². The number of hydrogen-bond acceptors (Lipinski definition) is 1. The Hall–Kier alpha value is -0.190. The molecule has 0 fully saturated rings. The van der Waals surface area contributed by atoms with Gasteiger partial charge < -0.3 is 0 Å². The van der Waals surface area contributed by atoms with Crippen molar-refractivity contribution in [2.75, 3.05) is 0 Å². The van der Waals surface area contributed by atoms with Crippen LogP contribution in [0.1, 0.15) is 5.69 Å². The van der Waals surface area contributed by atoms with Crippen LogP contribution in [0.25, 0.3) is 0 Å². The summed E-state index contributed by atoms with van der Waals surface area (Å²) in [7, 11) is 0. The van der Waals surface area contributed by atoms with Gasteiger partial charge >= 0.3 is 0 Å². The molecule has 0 radical (unpaired) electrons. The van der Waals surface area contributed by atoms with E-state index in [-0.39, 0.29) is 5.82 Å². The van der Waals surface area contributed by atoms with Gasteiger partial charge in [0.2, 0.25) is 0 Å². The molecule has 48 valence electrons. The van der Waals surface area contributed by atoms with Gasteiger partial charge in [-0.3, -0.25) is 4.98 Å². The molecule has 1 rings (SSSR count). The lowest BCUT2D eigenvalue weighted by Gasteiger charge is -1.92. The maximum absolute atomic E-state index is 12.5.